The van der Waals surface area contributed by atoms with E-state index in [9.17, 15) is 9.59 Å². The molecule has 2 N–H and O–H groups in total. The number of carbonyl (C=O) groups is 2. The van der Waals surface area contributed by atoms with Gasteiger partial charge in [-0.15, -0.1) is 11.3 Å². The van der Waals surface area contributed by atoms with Gasteiger partial charge < -0.3 is 10.6 Å². The van der Waals surface area contributed by atoms with E-state index >= 15 is 0 Å². The second-order valence-electron chi connectivity index (χ2n) is 4.95. The average molecular weight is 329 g/mol. The maximum absolute atomic E-state index is 11.9. The molecule has 0 unspecified atom stereocenters. The van der Waals surface area contributed by atoms with Crippen molar-refractivity contribution in [2.24, 2.45) is 0 Å². The first-order chi connectivity index (χ1) is 11.1. The van der Waals surface area contributed by atoms with Crippen molar-refractivity contribution in [1.82, 2.24) is 10.3 Å². The van der Waals surface area contributed by atoms with Crippen LogP contribution in [-0.4, -0.2) is 23.3 Å². The van der Waals surface area contributed by atoms with Crippen LogP contribution in [-0.2, 0) is 4.79 Å². The van der Waals surface area contributed by atoms with E-state index in [0.29, 0.717) is 17.8 Å². The molecule has 0 saturated heterocycles. The summed E-state index contributed by atoms with van der Waals surface area (Å²) in [5.41, 5.74) is 1.86. The van der Waals surface area contributed by atoms with Crippen LogP contribution in [0.15, 0.2) is 35.7 Å². The summed E-state index contributed by atoms with van der Waals surface area (Å²) in [6, 6.07) is 6.86. The minimum atomic E-state index is -0.262. The van der Waals surface area contributed by atoms with Gasteiger partial charge >= 0.3 is 0 Å². The van der Waals surface area contributed by atoms with Gasteiger partial charge in [-0.05, 0) is 37.6 Å². The second-order valence-corrected chi connectivity index (χ2v) is 6.01. The maximum Gasteiger partial charge on any atom is 0.251 e. The largest absolute Gasteiger partial charge is 0.352 e. The first kappa shape index (κ1) is 16.9. The number of hydrogen-bond donors (Lipinski definition) is 2. The third-order valence-electron chi connectivity index (χ3n) is 2.97. The monoisotopic (exact) mass is 329 g/mol. The number of aryl methyl sites for hydroxylation is 1. The zero-order valence-corrected chi connectivity index (χ0v) is 13.9. The number of aromatic nitrogens is 1. The molecule has 0 aliphatic rings. The Balaban J connectivity index is 1.98. The predicted molar refractivity (Wildman–Crippen MR) is 93.6 cm³/mol. The van der Waals surface area contributed by atoms with Gasteiger partial charge in [0.1, 0.15) is 0 Å². The normalized spacial score (nSPS) is 10.7. The summed E-state index contributed by atoms with van der Waals surface area (Å²) < 4.78 is 0. The highest BCUT2D eigenvalue weighted by Gasteiger charge is 2.06. The summed E-state index contributed by atoms with van der Waals surface area (Å²) in [6.45, 7) is 4.54. The van der Waals surface area contributed by atoms with E-state index < -0.39 is 0 Å². The lowest BCUT2D eigenvalue weighted by Gasteiger charge is -2.06. The minimum Gasteiger partial charge on any atom is -0.352 e. The van der Waals surface area contributed by atoms with Crippen LogP contribution in [0.3, 0.4) is 0 Å². The molecule has 5 nitrogen and oxygen atoms in total. The molecule has 0 fully saturated rings. The van der Waals surface area contributed by atoms with Crippen LogP contribution in [0.5, 0.6) is 0 Å². The van der Waals surface area contributed by atoms with Crippen LogP contribution >= 0.6 is 11.3 Å². The number of nitrogens with one attached hydrogen (secondary N) is 2. The molecule has 6 heteroatoms. The molecule has 0 aliphatic heterocycles. The lowest BCUT2D eigenvalue weighted by Crippen LogP contribution is -2.24. The Morgan fingerprint density at radius 3 is 2.87 bits per heavy atom. The van der Waals surface area contributed by atoms with E-state index in [1.165, 1.54) is 17.4 Å². The minimum absolute atomic E-state index is 0.142. The summed E-state index contributed by atoms with van der Waals surface area (Å²) >= 11 is 1.53. The molecule has 0 bridgehead atoms. The number of amides is 2. The van der Waals surface area contributed by atoms with E-state index in [1.807, 2.05) is 19.2 Å². The molecule has 2 aromatic rings. The highest BCUT2D eigenvalue weighted by molar-refractivity contribution is 7.09. The Hall–Kier alpha value is -2.47. The van der Waals surface area contributed by atoms with Gasteiger partial charge in [0.15, 0.2) is 0 Å². The summed E-state index contributed by atoms with van der Waals surface area (Å²) in [5, 5.41) is 8.39. The zero-order valence-electron chi connectivity index (χ0n) is 13.1. The van der Waals surface area contributed by atoms with E-state index in [-0.39, 0.29) is 11.8 Å². The molecule has 0 aliphatic carbocycles. The highest BCUT2D eigenvalue weighted by Crippen LogP contribution is 2.12. The number of benzene rings is 1. The summed E-state index contributed by atoms with van der Waals surface area (Å²) in [7, 11) is 0. The van der Waals surface area contributed by atoms with Gasteiger partial charge in [0.2, 0.25) is 5.91 Å². The summed E-state index contributed by atoms with van der Waals surface area (Å²) in [5.74, 6) is -0.404. The lowest BCUT2D eigenvalue weighted by atomic mass is 10.2. The van der Waals surface area contributed by atoms with Crippen molar-refractivity contribution >= 4 is 34.9 Å². The topological polar surface area (TPSA) is 71.1 Å². The van der Waals surface area contributed by atoms with E-state index in [2.05, 4.69) is 15.6 Å². The van der Waals surface area contributed by atoms with Crippen LogP contribution in [0, 0.1) is 6.92 Å². The number of anilines is 1. The SMILES string of the molecule is CCCNC(=O)c1cccc(NC(=O)C=Cc2csc(C)n2)c1. The quantitative estimate of drug-likeness (QED) is 0.799. The first-order valence-corrected chi connectivity index (χ1v) is 8.26. The standard InChI is InChI=1S/C17H19N3O2S/c1-3-9-18-17(22)13-5-4-6-14(10-13)20-16(21)8-7-15-11-23-12(2)19-15/h4-8,10-11H,3,9H2,1-2H3,(H,18,22)(H,20,21). The fraction of sp³-hybridized carbons (Fsp3) is 0.235. The molecule has 23 heavy (non-hydrogen) atoms. The molecule has 120 valence electrons. The highest BCUT2D eigenvalue weighted by atomic mass is 32.1. The number of rotatable bonds is 6. The molecular weight excluding hydrogens is 310 g/mol. The zero-order chi connectivity index (χ0) is 16.7. The third-order valence-corrected chi connectivity index (χ3v) is 3.76. The van der Waals surface area contributed by atoms with Crippen LogP contribution in [0.2, 0.25) is 0 Å². The number of nitrogens with zero attached hydrogens (tertiary/aromatic N) is 1. The van der Waals surface area contributed by atoms with Crippen molar-refractivity contribution in [1.29, 1.82) is 0 Å². The molecule has 0 spiro atoms. The van der Waals surface area contributed by atoms with Crippen molar-refractivity contribution in [3.63, 3.8) is 0 Å². The van der Waals surface area contributed by atoms with Gasteiger partial charge in [-0.25, -0.2) is 4.98 Å². The van der Waals surface area contributed by atoms with E-state index in [1.54, 1.807) is 30.3 Å². The first-order valence-electron chi connectivity index (χ1n) is 7.38. The van der Waals surface area contributed by atoms with Crippen molar-refractivity contribution in [2.45, 2.75) is 20.3 Å². The van der Waals surface area contributed by atoms with E-state index in [0.717, 1.165) is 17.1 Å². The Kier molecular flexibility index (Phi) is 6.05. The van der Waals surface area contributed by atoms with Crippen molar-refractivity contribution in [2.75, 3.05) is 11.9 Å². The Labute approximate surface area is 139 Å². The number of thiazole rings is 1. The Bertz CT molecular complexity index is 722. The molecule has 0 radical (unpaired) electrons. The van der Waals surface area contributed by atoms with Crippen molar-refractivity contribution in [3.8, 4) is 0 Å². The van der Waals surface area contributed by atoms with Crippen LogP contribution < -0.4 is 10.6 Å². The number of carbonyl (C=O) groups excluding carboxylic acids is 2. The fourth-order valence-electron chi connectivity index (χ4n) is 1.88. The molecule has 2 rings (SSSR count). The molecule has 1 heterocycles. The molecule has 0 atom stereocenters. The van der Waals surface area contributed by atoms with Gasteiger partial charge in [-0.3, -0.25) is 9.59 Å². The van der Waals surface area contributed by atoms with Crippen LogP contribution in [0.25, 0.3) is 6.08 Å². The van der Waals surface area contributed by atoms with Crippen LogP contribution in [0.4, 0.5) is 5.69 Å². The van der Waals surface area contributed by atoms with Gasteiger partial charge in [0.25, 0.3) is 5.91 Å². The molecular formula is C17H19N3O2S. The Morgan fingerprint density at radius 1 is 1.35 bits per heavy atom. The lowest BCUT2D eigenvalue weighted by molar-refractivity contribution is -0.111. The third kappa shape index (κ3) is 5.34. The maximum atomic E-state index is 11.9. The van der Waals surface area contributed by atoms with Gasteiger partial charge in [0, 0.05) is 29.3 Å². The van der Waals surface area contributed by atoms with Gasteiger partial charge in [0.05, 0.1) is 10.7 Å². The molecule has 1 aromatic carbocycles. The fourth-order valence-corrected chi connectivity index (χ4v) is 2.46. The molecule has 1 aromatic heterocycles. The molecule has 2 amide bonds. The summed E-state index contributed by atoms with van der Waals surface area (Å²) in [4.78, 5) is 28.1. The molecule has 0 saturated carbocycles. The second kappa shape index (κ2) is 8.24. The average Bonchev–Trinajstić information content (AvgIpc) is 2.96. The number of hydrogen-bond acceptors (Lipinski definition) is 4. The van der Waals surface area contributed by atoms with Crippen molar-refractivity contribution in [3.05, 3.63) is 52.0 Å². The van der Waals surface area contributed by atoms with Gasteiger partial charge in [-0.2, -0.15) is 0 Å². The predicted octanol–water partition coefficient (Wildman–Crippen LogP) is 3.24. The van der Waals surface area contributed by atoms with Gasteiger partial charge in [-0.1, -0.05) is 13.0 Å². The smallest absolute Gasteiger partial charge is 0.251 e. The van der Waals surface area contributed by atoms with E-state index in [4.69, 9.17) is 0 Å². The van der Waals surface area contributed by atoms with Crippen molar-refractivity contribution < 1.29 is 9.59 Å². The summed E-state index contributed by atoms with van der Waals surface area (Å²) in [6.07, 6.45) is 3.97. The Morgan fingerprint density at radius 2 is 2.17 bits per heavy atom. The van der Waals surface area contributed by atoms with Crippen LogP contribution in [0.1, 0.15) is 34.4 Å².